The fourth-order valence-electron chi connectivity index (χ4n) is 3.61. The van der Waals surface area contributed by atoms with E-state index < -0.39 is 11.1 Å². The monoisotopic (exact) mass is 352 g/mol. The lowest BCUT2D eigenvalue weighted by Crippen LogP contribution is -2.60. The first-order chi connectivity index (χ1) is 12.4. The third kappa shape index (κ3) is 3.67. The zero-order valence-corrected chi connectivity index (χ0v) is 15.9. The van der Waals surface area contributed by atoms with E-state index in [-0.39, 0.29) is 5.97 Å². The van der Waals surface area contributed by atoms with Gasteiger partial charge in [-0.15, -0.1) is 0 Å². The van der Waals surface area contributed by atoms with Gasteiger partial charge in [-0.05, 0) is 31.9 Å². The molecule has 0 spiro atoms. The normalized spacial score (nSPS) is 16.3. The van der Waals surface area contributed by atoms with Crippen molar-refractivity contribution in [3.63, 3.8) is 0 Å². The summed E-state index contributed by atoms with van der Waals surface area (Å²) in [5.41, 5.74) is 0.391. The van der Waals surface area contributed by atoms with Crippen LogP contribution in [0.2, 0.25) is 0 Å². The molecule has 4 heteroatoms. The maximum absolute atomic E-state index is 13.7. The van der Waals surface area contributed by atoms with Crippen molar-refractivity contribution in [2.24, 2.45) is 0 Å². The lowest BCUT2D eigenvalue weighted by atomic mass is 9.80. The van der Waals surface area contributed by atoms with Crippen molar-refractivity contribution >= 4 is 5.97 Å². The van der Waals surface area contributed by atoms with Crippen molar-refractivity contribution in [1.82, 2.24) is 10.2 Å². The van der Waals surface area contributed by atoms with Crippen LogP contribution in [0.15, 0.2) is 60.7 Å². The lowest BCUT2D eigenvalue weighted by Gasteiger charge is -2.45. The molecule has 138 valence electrons. The van der Waals surface area contributed by atoms with E-state index in [4.69, 9.17) is 4.74 Å². The van der Waals surface area contributed by atoms with Crippen LogP contribution in [0.5, 0.6) is 0 Å². The Morgan fingerprint density at radius 3 is 1.77 bits per heavy atom. The first-order valence-electron chi connectivity index (χ1n) is 9.25. The maximum Gasteiger partial charge on any atom is 0.336 e. The van der Waals surface area contributed by atoms with E-state index in [1.807, 2.05) is 81.4 Å². The van der Waals surface area contributed by atoms with Gasteiger partial charge in [0, 0.05) is 26.2 Å². The van der Waals surface area contributed by atoms with E-state index in [1.54, 1.807) is 0 Å². The molecule has 4 nitrogen and oxygen atoms in total. The quantitative estimate of drug-likeness (QED) is 0.858. The van der Waals surface area contributed by atoms with Crippen LogP contribution in [0.25, 0.3) is 0 Å². The Bertz CT molecular complexity index is 677. The fourth-order valence-corrected chi connectivity index (χ4v) is 3.61. The van der Waals surface area contributed by atoms with Crippen LogP contribution in [-0.4, -0.2) is 42.6 Å². The topological polar surface area (TPSA) is 41.6 Å². The van der Waals surface area contributed by atoms with E-state index in [0.29, 0.717) is 0 Å². The van der Waals surface area contributed by atoms with Gasteiger partial charge in [0.15, 0.2) is 5.54 Å². The molecule has 0 aliphatic carbocycles. The van der Waals surface area contributed by atoms with Crippen molar-refractivity contribution in [1.29, 1.82) is 0 Å². The summed E-state index contributed by atoms with van der Waals surface area (Å²) in [5, 5.41) is 3.38. The van der Waals surface area contributed by atoms with Gasteiger partial charge >= 0.3 is 5.97 Å². The van der Waals surface area contributed by atoms with Gasteiger partial charge in [0.25, 0.3) is 0 Å². The van der Waals surface area contributed by atoms with Gasteiger partial charge in [0.05, 0.1) is 0 Å². The molecule has 1 saturated heterocycles. The molecule has 1 fully saturated rings. The maximum atomic E-state index is 13.7. The van der Waals surface area contributed by atoms with E-state index in [2.05, 4.69) is 10.2 Å². The summed E-state index contributed by atoms with van der Waals surface area (Å²) in [5.74, 6) is -0.218. The molecule has 3 rings (SSSR count). The number of ether oxygens (including phenoxy) is 1. The number of hydrogen-bond acceptors (Lipinski definition) is 4. The summed E-state index contributed by atoms with van der Waals surface area (Å²) < 4.78 is 5.96. The number of nitrogens with one attached hydrogen (secondary N) is 1. The van der Waals surface area contributed by atoms with E-state index >= 15 is 0 Å². The summed E-state index contributed by atoms with van der Waals surface area (Å²) >= 11 is 0. The molecule has 0 bridgehead atoms. The molecule has 1 heterocycles. The van der Waals surface area contributed by atoms with Crippen molar-refractivity contribution in [3.05, 3.63) is 71.8 Å². The first kappa shape index (κ1) is 18.6. The van der Waals surface area contributed by atoms with Crippen LogP contribution in [0.4, 0.5) is 0 Å². The molecule has 2 aromatic carbocycles. The molecule has 1 aliphatic heterocycles. The van der Waals surface area contributed by atoms with E-state index in [0.717, 1.165) is 37.3 Å². The minimum atomic E-state index is -0.947. The second-order valence-electron chi connectivity index (χ2n) is 7.68. The van der Waals surface area contributed by atoms with Crippen molar-refractivity contribution < 1.29 is 9.53 Å². The Morgan fingerprint density at radius 2 is 1.35 bits per heavy atom. The Labute approximate surface area is 156 Å². The number of nitrogens with zero attached hydrogens (tertiary/aromatic N) is 1. The average Bonchev–Trinajstić information content (AvgIpc) is 2.64. The highest BCUT2D eigenvalue weighted by atomic mass is 16.6. The third-order valence-electron chi connectivity index (χ3n) is 4.67. The van der Waals surface area contributed by atoms with Crippen LogP contribution in [0, 0.1) is 0 Å². The summed E-state index contributed by atoms with van der Waals surface area (Å²) in [4.78, 5) is 15.9. The zero-order valence-electron chi connectivity index (χ0n) is 15.9. The Kier molecular flexibility index (Phi) is 5.44. The highest BCUT2D eigenvalue weighted by Crippen LogP contribution is 2.38. The van der Waals surface area contributed by atoms with Crippen LogP contribution in [0.1, 0.15) is 31.9 Å². The molecule has 26 heavy (non-hydrogen) atoms. The Morgan fingerprint density at radius 1 is 0.885 bits per heavy atom. The molecular formula is C22H28N2O2. The Balaban J connectivity index is 2.21. The second kappa shape index (κ2) is 7.60. The number of benzene rings is 2. The van der Waals surface area contributed by atoms with Gasteiger partial charge < -0.3 is 10.1 Å². The molecule has 0 amide bonds. The molecule has 1 N–H and O–H groups in total. The van der Waals surface area contributed by atoms with Crippen molar-refractivity contribution in [2.75, 3.05) is 26.2 Å². The predicted octanol–water partition coefficient (Wildman–Crippen LogP) is 3.18. The number of rotatable bonds is 4. The van der Waals surface area contributed by atoms with Gasteiger partial charge in [0.1, 0.15) is 5.60 Å². The average molecular weight is 352 g/mol. The molecule has 0 saturated carbocycles. The van der Waals surface area contributed by atoms with Crippen LogP contribution >= 0.6 is 0 Å². The molecular weight excluding hydrogens is 324 g/mol. The smallest absolute Gasteiger partial charge is 0.336 e. The largest absolute Gasteiger partial charge is 0.458 e. The number of carbonyl (C=O) groups is 1. The summed E-state index contributed by atoms with van der Waals surface area (Å²) in [7, 11) is 0. The molecule has 0 radical (unpaired) electrons. The van der Waals surface area contributed by atoms with Gasteiger partial charge in [-0.2, -0.15) is 0 Å². The fraction of sp³-hybridized carbons (Fsp3) is 0.409. The third-order valence-corrected chi connectivity index (χ3v) is 4.67. The minimum Gasteiger partial charge on any atom is -0.458 e. The predicted molar refractivity (Wildman–Crippen MR) is 104 cm³/mol. The summed E-state index contributed by atoms with van der Waals surface area (Å²) in [6.45, 7) is 9.02. The highest BCUT2D eigenvalue weighted by Gasteiger charge is 2.50. The standard InChI is InChI=1S/C22H28N2O2/c1-21(2,3)26-20(25)22(18-10-6-4-7-11-18,19-12-8-5-9-13-19)24-16-14-23-15-17-24/h4-13,23H,14-17H2,1-3H3. The SMILES string of the molecule is CC(C)(C)OC(=O)C(c1ccccc1)(c1ccccc1)N1CCNCC1. The summed E-state index contributed by atoms with van der Waals surface area (Å²) in [6.07, 6.45) is 0. The molecule has 1 aliphatic rings. The number of piperazine rings is 1. The van der Waals surface area contributed by atoms with Crippen LogP contribution in [0.3, 0.4) is 0 Å². The second-order valence-corrected chi connectivity index (χ2v) is 7.68. The summed E-state index contributed by atoms with van der Waals surface area (Å²) in [6, 6.07) is 20.0. The number of esters is 1. The zero-order chi connectivity index (χ0) is 18.6. The molecule has 2 aromatic rings. The van der Waals surface area contributed by atoms with Crippen LogP contribution in [-0.2, 0) is 15.1 Å². The van der Waals surface area contributed by atoms with Crippen LogP contribution < -0.4 is 5.32 Å². The Hall–Kier alpha value is -2.17. The van der Waals surface area contributed by atoms with Crippen molar-refractivity contribution in [2.45, 2.75) is 31.9 Å². The molecule has 0 aromatic heterocycles. The molecule has 0 atom stereocenters. The highest BCUT2D eigenvalue weighted by molar-refractivity contribution is 5.87. The van der Waals surface area contributed by atoms with Crippen molar-refractivity contribution in [3.8, 4) is 0 Å². The first-order valence-corrected chi connectivity index (χ1v) is 9.25. The van der Waals surface area contributed by atoms with E-state index in [1.165, 1.54) is 0 Å². The van der Waals surface area contributed by atoms with Gasteiger partial charge in [-0.25, -0.2) is 4.79 Å². The van der Waals surface area contributed by atoms with E-state index in [9.17, 15) is 4.79 Å². The van der Waals surface area contributed by atoms with Gasteiger partial charge in [0.2, 0.25) is 0 Å². The number of hydrogen-bond donors (Lipinski definition) is 1. The van der Waals surface area contributed by atoms with Gasteiger partial charge in [-0.1, -0.05) is 60.7 Å². The molecule has 0 unspecified atom stereocenters. The number of carbonyl (C=O) groups excluding carboxylic acids is 1. The van der Waals surface area contributed by atoms with Gasteiger partial charge in [-0.3, -0.25) is 4.90 Å². The lowest BCUT2D eigenvalue weighted by molar-refractivity contribution is -0.168. The minimum absolute atomic E-state index is 0.218.